The summed E-state index contributed by atoms with van der Waals surface area (Å²) in [5.41, 5.74) is 5.02. The van der Waals surface area contributed by atoms with Crippen molar-refractivity contribution >= 4 is 11.5 Å². The van der Waals surface area contributed by atoms with Gasteiger partial charge in [0.05, 0.1) is 7.11 Å². The van der Waals surface area contributed by atoms with Gasteiger partial charge in [-0.15, -0.1) is 0 Å². The Bertz CT molecular complexity index is 1020. The molecule has 0 amide bonds. The number of nitrogens with zero attached hydrogens (tertiary/aromatic N) is 4. The molecule has 0 bridgehead atoms. The maximum atomic E-state index is 11.9. The van der Waals surface area contributed by atoms with Gasteiger partial charge in [0.15, 0.2) is 0 Å². The van der Waals surface area contributed by atoms with Crippen LogP contribution < -0.4 is 0 Å². The highest BCUT2D eigenvalue weighted by Crippen LogP contribution is 2.32. The van der Waals surface area contributed by atoms with Crippen molar-refractivity contribution in [2.75, 3.05) is 20.2 Å². The molecule has 4 rings (SSSR count). The summed E-state index contributed by atoms with van der Waals surface area (Å²) in [4.78, 5) is 19.0. The maximum Gasteiger partial charge on any atom is 0.325 e. The molecule has 0 saturated carbocycles. The summed E-state index contributed by atoms with van der Waals surface area (Å²) in [6.45, 7) is 3.16. The van der Waals surface area contributed by atoms with E-state index in [0.717, 1.165) is 49.4 Å². The minimum atomic E-state index is -0.274. The lowest BCUT2D eigenvalue weighted by Crippen LogP contribution is -2.30. The fourth-order valence-electron chi connectivity index (χ4n) is 4.08. The van der Waals surface area contributed by atoms with E-state index in [0.29, 0.717) is 0 Å². The molecule has 30 heavy (non-hydrogen) atoms. The summed E-state index contributed by atoms with van der Waals surface area (Å²) in [7, 11) is 3.44. The van der Waals surface area contributed by atoms with Crippen LogP contribution in [-0.4, -0.2) is 45.2 Å². The first-order valence-electron chi connectivity index (χ1n) is 10.3. The smallest absolute Gasteiger partial charge is 0.325 e. The third-order valence-corrected chi connectivity index (χ3v) is 5.65. The van der Waals surface area contributed by atoms with Crippen molar-refractivity contribution in [3.05, 3.63) is 83.7 Å². The van der Waals surface area contributed by atoms with Crippen molar-refractivity contribution in [2.24, 2.45) is 7.05 Å². The van der Waals surface area contributed by atoms with Gasteiger partial charge < -0.3 is 13.9 Å². The Morgan fingerprint density at radius 1 is 1.10 bits per heavy atom. The number of piperidine rings is 1. The van der Waals surface area contributed by atoms with Gasteiger partial charge in [0.25, 0.3) is 0 Å². The zero-order valence-corrected chi connectivity index (χ0v) is 17.6. The number of ether oxygens (including phenoxy) is 1. The zero-order chi connectivity index (χ0) is 20.9. The van der Waals surface area contributed by atoms with Gasteiger partial charge in [-0.3, -0.25) is 9.69 Å². The monoisotopic (exact) mass is 404 g/mol. The second-order valence-electron chi connectivity index (χ2n) is 7.76. The lowest BCUT2D eigenvalue weighted by Gasteiger charge is -2.30. The summed E-state index contributed by atoms with van der Waals surface area (Å²) < 4.78 is 8.81. The molecule has 6 heteroatoms. The standard InChI is InChI=1S/C24H28N4O2/c1-26-12-8-21(17-26)23(24-25-11-15-28(24)18-22(29)30-2)20-9-13-27(14-10-20)16-19-6-4-3-5-7-19/h3-8,11-12,15,17H,9-10,13-14,16,18H2,1-2H3. The number of benzene rings is 1. The number of carbonyl (C=O) groups excluding carboxylic acids is 1. The van der Waals surface area contributed by atoms with Crippen molar-refractivity contribution in [3.63, 3.8) is 0 Å². The van der Waals surface area contributed by atoms with E-state index >= 15 is 0 Å². The second kappa shape index (κ2) is 9.13. The van der Waals surface area contributed by atoms with E-state index in [1.807, 2.05) is 28.6 Å². The average molecular weight is 405 g/mol. The summed E-state index contributed by atoms with van der Waals surface area (Å²) >= 11 is 0. The van der Waals surface area contributed by atoms with Crippen LogP contribution >= 0.6 is 0 Å². The molecule has 1 aliphatic rings. The second-order valence-corrected chi connectivity index (χ2v) is 7.76. The number of methoxy groups -OCH3 is 1. The Hall–Kier alpha value is -3.12. The highest BCUT2D eigenvalue weighted by atomic mass is 16.5. The lowest BCUT2D eigenvalue weighted by molar-refractivity contribution is -0.141. The maximum absolute atomic E-state index is 11.9. The first kappa shape index (κ1) is 20.2. The molecular formula is C24H28N4O2. The van der Waals surface area contributed by atoms with Gasteiger partial charge in [-0.25, -0.2) is 4.98 Å². The van der Waals surface area contributed by atoms with Crippen LogP contribution in [0.25, 0.3) is 5.57 Å². The molecule has 1 saturated heterocycles. The topological polar surface area (TPSA) is 52.3 Å². The van der Waals surface area contributed by atoms with E-state index in [2.05, 4.69) is 52.5 Å². The van der Waals surface area contributed by atoms with Gasteiger partial charge in [0.2, 0.25) is 0 Å². The fourth-order valence-corrected chi connectivity index (χ4v) is 4.08. The Labute approximate surface area is 177 Å². The molecule has 1 aliphatic heterocycles. The SMILES string of the molecule is COC(=O)Cn1ccnc1C(=C1CCN(Cc2ccccc2)CC1)c1ccn(C)c1. The summed E-state index contributed by atoms with van der Waals surface area (Å²) in [5, 5.41) is 0. The number of aryl methyl sites for hydroxylation is 1. The minimum absolute atomic E-state index is 0.162. The summed E-state index contributed by atoms with van der Waals surface area (Å²) in [6, 6.07) is 12.7. The molecule has 1 fully saturated rings. The van der Waals surface area contributed by atoms with Gasteiger partial charge in [-0.2, -0.15) is 0 Å². The number of likely N-dealkylation sites (tertiary alicyclic amines) is 1. The summed E-state index contributed by atoms with van der Waals surface area (Å²) in [5.74, 6) is 0.558. The number of aromatic nitrogens is 3. The molecule has 0 radical (unpaired) electrons. The van der Waals surface area contributed by atoms with Crippen LogP contribution in [0.2, 0.25) is 0 Å². The number of esters is 1. The van der Waals surface area contributed by atoms with E-state index in [1.54, 1.807) is 6.20 Å². The normalized spacial score (nSPS) is 14.7. The molecule has 3 aromatic rings. The minimum Gasteiger partial charge on any atom is -0.468 e. The van der Waals surface area contributed by atoms with Crippen LogP contribution in [0.3, 0.4) is 0 Å². The first-order chi connectivity index (χ1) is 14.6. The van der Waals surface area contributed by atoms with Crippen molar-refractivity contribution in [3.8, 4) is 0 Å². The number of imidazole rings is 1. The molecule has 0 unspecified atom stereocenters. The van der Waals surface area contributed by atoms with Crippen LogP contribution in [0.15, 0.2) is 66.8 Å². The van der Waals surface area contributed by atoms with Gasteiger partial charge >= 0.3 is 5.97 Å². The predicted octanol–water partition coefficient (Wildman–Crippen LogP) is 3.49. The number of hydrogen-bond acceptors (Lipinski definition) is 4. The van der Waals surface area contributed by atoms with Gasteiger partial charge in [0, 0.05) is 62.6 Å². The number of hydrogen-bond donors (Lipinski definition) is 0. The predicted molar refractivity (Wildman–Crippen MR) is 117 cm³/mol. The molecule has 2 aromatic heterocycles. The van der Waals surface area contributed by atoms with Crippen LogP contribution in [0.1, 0.15) is 29.8 Å². The van der Waals surface area contributed by atoms with Crippen molar-refractivity contribution in [2.45, 2.75) is 25.9 Å². The highest BCUT2D eigenvalue weighted by molar-refractivity contribution is 5.80. The number of carbonyl (C=O) groups is 1. The Morgan fingerprint density at radius 2 is 1.87 bits per heavy atom. The zero-order valence-electron chi connectivity index (χ0n) is 17.6. The molecule has 0 spiro atoms. The van der Waals surface area contributed by atoms with Crippen LogP contribution in [0.5, 0.6) is 0 Å². The quantitative estimate of drug-likeness (QED) is 0.590. The van der Waals surface area contributed by atoms with E-state index in [9.17, 15) is 4.79 Å². The van der Waals surface area contributed by atoms with Crippen molar-refractivity contribution in [1.29, 1.82) is 0 Å². The largest absolute Gasteiger partial charge is 0.468 e. The molecule has 0 atom stereocenters. The molecular weight excluding hydrogens is 376 g/mol. The van der Waals surface area contributed by atoms with Gasteiger partial charge in [-0.1, -0.05) is 35.9 Å². The molecule has 3 heterocycles. The molecule has 6 nitrogen and oxygen atoms in total. The van der Waals surface area contributed by atoms with E-state index in [4.69, 9.17) is 4.74 Å². The van der Waals surface area contributed by atoms with Crippen LogP contribution in [0, 0.1) is 0 Å². The molecule has 0 N–H and O–H groups in total. The Balaban J connectivity index is 1.61. The van der Waals surface area contributed by atoms with Gasteiger partial charge in [0.1, 0.15) is 12.4 Å². The fraction of sp³-hybridized carbons (Fsp3) is 0.333. The summed E-state index contributed by atoms with van der Waals surface area (Å²) in [6.07, 6.45) is 9.75. The van der Waals surface area contributed by atoms with E-state index in [1.165, 1.54) is 18.2 Å². The highest BCUT2D eigenvalue weighted by Gasteiger charge is 2.22. The Kier molecular flexibility index (Phi) is 6.14. The average Bonchev–Trinajstić information content (AvgIpc) is 3.39. The van der Waals surface area contributed by atoms with Crippen molar-refractivity contribution in [1.82, 2.24) is 19.0 Å². The van der Waals surface area contributed by atoms with Crippen molar-refractivity contribution < 1.29 is 9.53 Å². The first-order valence-corrected chi connectivity index (χ1v) is 10.3. The Morgan fingerprint density at radius 3 is 2.53 bits per heavy atom. The lowest BCUT2D eigenvalue weighted by atomic mass is 9.93. The molecule has 1 aromatic carbocycles. The number of rotatable bonds is 6. The molecule has 156 valence electrons. The van der Waals surface area contributed by atoms with E-state index < -0.39 is 0 Å². The molecule has 0 aliphatic carbocycles. The third kappa shape index (κ3) is 4.54. The van der Waals surface area contributed by atoms with Crippen LogP contribution in [0.4, 0.5) is 0 Å². The third-order valence-electron chi connectivity index (χ3n) is 5.65. The van der Waals surface area contributed by atoms with Gasteiger partial charge in [-0.05, 0) is 24.5 Å². The van der Waals surface area contributed by atoms with Crippen LogP contribution in [-0.2, 0) is 29.7 Å². The van der Waals surface area contributed by atoms with E-state index in [-0.39, 0.29) is 12.5 Å².